The van der Waals surface area contributed by atoms with Crippen LogP contribution in [-0.2, 0) is 0 Å². The third-order valence-corrected chi connectivity index (χ3v) is 8.83. The van der Waals surface area contributed by atoms with Crippen LogP contribution in [-0.4, -0.2) is 26.6 Å². The van der Waals surface area contributed by atoms with Crippen LogP contribution < -0.4 is 5.32 Å². The van der Waals surface area contributed by atoms with E-state index < -0.39 is 0 Å². The molecule has 0 aliphatic carbocycles. The van der Waals surface area contributed by atoms with Gasteiger partial charge in [-0.15, -0.1) is 0 Å². The van der Waals surface area contributed by atoms with Crippen molar-refractivity contribution in [2.75, 3.05) is 0 Å². The first-order chi connectivity index (χ1) is 23.8. The first-order valence-electron chi connectivity index (χ1n) is 15.9. The maximum Gasteiger partial charge on any atom is 0.159 e. The number of aliphatic imine (C=N–C) groups is 2. The Hall–Kier alpha value is -6.53. The fraction of sp³-hybridized carbons (Fsp3) is 0.0238. The van der Waals surface area contributed by atoms with Gasteiger partial charge in [-0.1, -0.05) is 103 Å². The van der Waals surface area contributed by atoms with Gasteiger partial charge in [0.15, 0.2) is 5.84 Å². The number of rotatable bonds is 5. The van der Waals surface area contributed by atoms with Crippen molar-refractivity contribution < 1.29 is 0 Å². The molecular weight excluding hydrogens is 589 g/mol. The van der Waals surface area contributed by atoms with Crippen LogP contribution in [0.25, 0.3) is 55.0 Å². The van der Waals surface area contributed by atoms with Gasteiger partial charge in [-0.25, -0.2) is 9.98 Å². The van der Waals surface area contributed by atoms with Crippen molar-refractivity contribution >= 4 is 44.4 Å². The number of aromatic nitrogens is 3. The summed E-state index contributed by atoms with van der Waals surface area (Å²) in [6.45, 7) is 0. The lowest BCUT2D eigenvalue weighted by molar-refractivity contribution is 0.674. The van der Waals surface area contributed by atoms with E-state index in [0.717, 1.165) is 66.7 Å². The monoisotopic (exact) mass is 616 g/mol. The van der Waals surface area contributed by atoms with Gasteiger partial charge in [0.05, 0.1) is 16.6 Å². The lowest BCUT2D eigenvalue weighted by Gasteiger charge is -2.24. The number of hydrogen-bond acceptors (Lipinski definition) is 6. The highest BCUT2D eigenvalue weighted by Crippen LogP contribution is 2.37. The minimum atomic E-state index is -0.308. The molecule has 48 heavy (non-hydrogen) atoms. The third kappa shape index (κ3) is 4.96. The Bertz CT molecular complexity index is 2540. The molecule has 0 radical (unpaired) electrons. The van der Waals surface area contributed by atoms with Crippen molar-refractivity contribution in [3.05, 3.63) is 175 Å². The molecule has 1 aliphatic rings. The Balaban J connectivity index is 1.30. The third-order valence-electron chi connectivity index (χ3n) is 8.83. The Labute approximate surface area is 277 Å². The SMILES string of the molecule is c1ccc(C2=NC(c3ccccc3)NC(c3cc(-c4cccc5ccccc45)cc(-c4cc5nccnc5c5cccnc45)c3)=N2)cc1. The summed E-state index contributed by atoms with van der Waals surface area (Å²) in [6.07, 6.45) is 5.00. The van der Waals surface area contributed by atoms with Crippen molar-refractivity contribution in [3.63, 3.8) is 0 Å². The predicted molar refractivity (Wildman–Crippen MR) is 195 cm³/mol. The van der Waals surface area contributed by atoms with E-state index in [0.29, 0.717) is 5.84 Å². The average molecular weight is 617 g/mol. The molecule has 3 heterocycles. The summed E-state index contributed by atoms with van der Waals surface area (Å²) in [5, 5.41) is 7.00. The van der Waals surface area contributed by atoms with Gasteiger partial charge in [-0.3, -0.25) is 15.0 Å². The van der Waals surface area contributed by atoms with E-state index in [9.17, 15) is 0 Å². The molecule has 0 fully saturated rings. The Morgan fingerprint density at radius 2 is 1.17 bits per heavy atom. The van der Waals surface area contributed by atoms with Gasteiger partial charge in [0.25, 0.3) is 0 Å². The highest BCUT2D eigenvalue weighted by atomic mass is 15.2. The van der Waals surface area contributed by atoms with Gasteiger partial charge in [0.1, 0.15) is 12.0 Å². The number of nitrogens with zero attached hydrogens (tertiary/aromatic N) is 5. The number of nitrogens with one attached hydrogen (secondary N) is 1. The van der Waals surface area contributed by atoms with Crippen LogP contribution in [0.15, 0.2) is 168 Å². The van der Waals surface area contributed by atoms with E-state index in [2.05, 4.69) is 107 Å². The first-order valence-corrected chi connectivity index (χ1v) is 15.9. The lowest BCUT2D eigenvalue weighted by atomic mass is 9.91. The summed E-state index contributed by atoms with van der Waals surface area (Å²) in [4.78, 5) is 24.5. The maximum atomic E-state index is 5.16. The van der Waals surface area contributed by atoms with E-state index >= 15 is 0 Å². The van der Waals surface area contributed by atoms with Gasteiger partial charge >= 0.3 is 0 Å². The van der Waals surface area contributed by atoms with Crippen LogP contribution in [0.4, 0.5) is 0 Å². The normalized spacial score (nSPS) is 14.5. The number of pyridine rings is 1. The standard InChI is InChI=1S/C42H28N6/c1-3-12-28(13-4-1)40-46-41(29-14-5-2-6-15-29)48-42(47-40)32-24-30(34-18-9-16-27-11-7-8-17-33(27)34)23-31(25-32)36-26-37-39(45-22-21-43-37)35-19-10-20-44-38(35)36/h1-26,40H,(H,46,47,48). The van der Waals surface area contributed by atoms with Crippen LogP contribution in [0.5, 0.6) is 0 Å². The molecule has 6 heteroatoms. The van der Waals surface area contributed by atoms with Gasteiger partial charge in [0.2, 0.25) is 0 Å². The molecular formula is C42H28N6. The van der Waals surface area contributed by atoms with Gasteiger partial charge in [-0.05, 0) is 69.4 Å². The number of hydrogen-bond donors (Lipinski definition) is 1. The van der Waals surface area contributed by atoms with E-state index in [-0.39, 0.29) is 6.17 Å². The molecule has 0 spiro atoms. The zero-order valence-corrected chi connectivity index (χ0v) is 25.8. The van der Waals surface area contributed by atoms with E-state index in [4.69, 9.17) is 20.0 Å². The average Bonchev–Trinajstić information content (AvgIpc) is 3.17. The maximum absolute atomic E-state index is 5.16. The van der Waals surface area contributed by atoms with E-state index in [1.54, 1.807) is 12.4 Å². The van der Waals surface area contributed by atoms with E-state index in [1.165, 1.54) is 10.8 Å². The summed E-state index contributed by atoms with van der Waals surface area (Å²) in [5.74, 6) is 1.43. The molecule has 1 N–H and O–H groups in total. The minimum Gasteiger partial charge on any atom is -0.344 e. The molecule has 0 amide bonds. The predicted octanol–water partition coefficient (Wildman–Crippen LogP) is 9.16. The van der Waals surface area contributed by atoms with Crippen molar-refractivity contribution in [2.24, 2.45) is 9.98 Å². The molecule has 0 saturated carbocycles. The molecule has 226 valence electrons. The summed E-state index contributed by atoms with van der Waals surface area (Å²) in [5.41, 5.74) is 9.71. The fourth-order valence-electron chi connectivity index (χ4n) is 6.57. The topological polar surface area (TPSA) is 75.4 Å². The Morgan fingerprint density at radius 1 is 0.479 bits per heavy atom. The largest absolute Gasteiger partial charge is 0.344 e. The first kappa shape index (κ1) is 27.8. The minimum absolute atomic E-state index is 0.308. The zero-order chi connectivity index (χ0) is 31.9. The summed E-state index contributed by atoms with van der Waals surface area (Å²) in [6, 6.07) is 48.2. The van der Waals surface area contributed by atoms with Crippen molar-refractivity contribution in [2.45, 2.75) is 6.17 Å². The van der Waals surface area contributed by atoms with Crippen molar-refractivity contribution in [1.29, 1.82) is 0 Å². The molecule has 0 saturated heterocycles. The number of fused-ring (bicyclic) bond motifs is 4. The molecule has 8 aromatic rings. The van der Waals surface area contributed by atoms with Gasteiger partial charge in [0, 0.05) is 40.7 Å². The second-order valence-electron chi connectivity index (χ2n) is 11.8. The molecule has 1 atom stereocenters. The van der Waals surface area contributed by atoms with Crippen LogP contribution in [0.1, 0.15) is 22.9 Å². The second kappa shape index (κ2) is 11.7. The summed E-state index contributed by atoms with van der Waals surface area (Å²) >= 11 is 0. The van der Waals surface area contributed by atoms with E-state index in [1.807, 2.05) is 48.7 Å². The molecule has 1 aliphatic heterocycles. The Morgan fingerprint density at radius 3 is 2.04 bits per heavy atom. The second-order valence-corrected chi connectivity index (χ2v) is 11.8. The van der Waals surface area contributed by atoms with Gasteiger partial charge in [-0.2, -0.15) is 0 Å². The van der Waals surface area contributed by atoms with Crippen LogP contribution >= 0.6 is 0 Å². The zero-order valence-electron chi connectivity index (χ0n) is 25.8. The highest BCUT2D eigenvalue weighted by Gasteiger charge is 2.23. The fourth-order valence-corrected chi connectivity index (χ4v) is 6.57. The molecule has 9 rings (SSSR count). The summed E-state index contributed by atoms with van der Waals surface area (Å²) < 4.78 is 0. The molecule has 6 nitrogen and oxygen atoms in total. The quantitative estimate of drug-likeness (QED) is 0.196. The number of amidine groups is 2. The lowest BCUT2D eigenvalue weighted by Crippen LogP contribution is -2.33. The molecule has 2 aromatic heterocycles. The summed E-state index contributed by atoms with van der Waals surface area (Å²) in [7, 11) is 0. The molecule has 1 unspecified atom stereocenters. The number of benzene rings is 6. The Kier molecular flexibility index (Phi) is 6.75. The van der Waals surface area contributed by atoms with Crippen molar-refractivity contribution in [3.8, 4) is 22.3 Å². The van der Waals surface area contributed by atoms with Crippen molar-refractivity contribution in [1.82, 2.24) is 20.3 Å². The van der Waals surface area contributed by atoms with Crippen LogP contribution in [0.3, 0.4) is 0 Å². The highest BCUT2D eigenvalue weighted by molar-refractivity contribution is 6.15. The van der Waals surface area contributed by atoms with Gasteiger partial charge < -0.3 is 5.32 Å². The smallest absolute Gasteiger partial charge is 0.159 e. The molecule has 6 aromatic carbocycles. The van der Waals surface area contributed by atoms with Crippen LogP contribution in [0.2, 0.25) is 0 Å². The van der Waals surface area contributed by atoms with Crippen LogP contribution in [0, 0.1) is 0 Å². The molecule has 0 bridgehead atoms.